The van der Waals surface area contributed by atoms with Gasteiger partial charge in [0.2, 0.25) is 5.91 Å². The van der Waals surface area contributed by atoms with Crippen LogP contribution in [0.3, 0.4) is 0 Å². The number of hydrogen-bond donors (Lipinski definition) is 1. The maximum absolute atomic E-state index is 12.0. The van der Waals surface area contributed by atoms with Gasteiger partial charge < -0.3 is 14.8 Å². The summed E-state index contributed by atoms with van der Waals surface area (Å²) in [5, 5.41) is 13.4. The number of nitro benzene ring substituents is 1. The van der Waals surface area contributed by atoms with Gasteiger partial charge in [0.15, 0.2) is 0 Å². The van der Waals surface area contributed by atoms with Gasteiger partial charge in [-0.25, -0.2) is 0 Å². The smallest absolute Gasteiger partial charge is 0.269 e. The van der Waals surface area contributed by atoms with Crippen LogP contribution in [0.15, 0.2) is 54.6 Å². The number of rotatable bonds is 7. The van der Waals surface area contributed by atoms with Crippen molar-refractivity contribution in [2.45, 2.75) is 18.9 Å². The zero-order chi connectivity index (χ0) is 19.1. The zero-order valence-corrected chi connectivity index (χ0v) is 14.7. The number of nitrogens with one attached hydrogen (secondary N) is 1. The summed E-state index contributed by atoms with van der Waals surface area (Å²) >= 11 is 0. The van der Waals surface area contributed by atoms with Crippen molar-refractivity contribution in [3.8, 4) is 5.75 Å². The van der Waals surface area contributed by atoms with Crippen LogP contribution in [0.5, 0.6) is 5.75 Å². The Labute approximate surface area is 156 Å². The molecule has 1 aliphatic heterocycles. The monoisotopic (exact) mass is 368 g/mol. The molecule has 0 radical (unpaired) electrons. The van der Waals surface area contributed by atoms with Crippen molar-refractivity contribution >= 4 is 23.4 Å². The van der Waals surface area contributed by atoms with Crippen LogP contribution in [0.1, 0.15) is 18.4 Å². The van der Waals surface area contributed by atoms with Crippen molar-refractivity contribution in [3.05, 3.63) is 70.3 Å². The van der Waals surface area contributed by atoms with Crippen molar-refractivity contribution in [1.82, 2.24) is 0 Å². The summed E-state index contributed by atoms with van der Waals surface area (Å²) in [6, 6.07) is 13.1. The second-order valence-electron chi connectivity index (χ2n) is 6.14. The minimum atomic E-state index is -0.464. The summed E-state index contributed by atoms with van der Waals surface area (Å²) < 4.78 is 11.2. The predicted octanol–water partition coefficient (Wildman–Crippen LogP) is 3.80. The Morgan fingerprint density at radius 1 is 1.22 bits per heavy atom. The standard InChI is InChI=1S/C20H20N2O5/c23-20(12-5-15-3-8-17(9-4-15)22(24)25)21-16-6-10-18(11-7-16)27-14-19-2-1-13-26-19/h3-12,19H,1-2,13-14H2,(H,21,23)/b12-5+. The quantitative estimate of drug-likeness (QED) is 0.456. The van der Waals surface area contributed by atoms with Crippen molar-refractivity contribution < 1.29 is 19.2 Å². The molecule has 1 heterocycles. The molecule has 1 N–H and O–H groups in total. The average molecular weight is 368 g/mol. The highest BCUT2D eigenvalue weighted by molar-refractivity contribution is 6.01. The van der Waals surface area contributed by atoms with Crippen LogP contribution < -0.4 is 10.1 Å². The van der Waals surface area contributed by atoms with Crippen molar-refractivity contribution in [2.24, 2.45) is 0 Å². The van der Waals surface area contributed by atoms with E-state index in [1.54, 1.807) is 42.5 Å². The van der Waals surface area contributed by atoms with Gasteiger partial charge in [-0.3, -0.25) is 14.9 Å². The Balaban J connectivity index is 1.48. The Morgan fingerprint density at radius 2 is 1.96 bits per heavy atom. The molecule has 7 nitrogen and oxygen atoms in total. The number of nitrogens with zero attached hydrogens (tertiary/aromatic N) is 1. The minimum Gasteiger partial charge on any atom is -0.491 e. The van der Waals surface area contributed by atoms with E-state index in [4.69, 9.17) is 9.47 Å². The molecule has 1 saturated heterocycles. The van der Waals surface area contributed by atoms with Gasteiger partial charge in [-0.1, -0.05) is 0 Å². The molecular weight excluding hydrogens is 348 g/mol. The zero-order valence-electron chi connectivity index (χ0n) is 14.7. The second kappa shape index (κ2) is 8.95. The molecule has 1 fully saturated rings. The van der Waals surface area contributed by atoms with Gasteiger partial charge in [0.05, 0.1) is 11.0 Å². The molecule has 1 unspecified atom stereocenters. The Bertz CT molecular complexity index is 809. The topological polar surface area (TPSA) is 90.7 Å². The maximum Gasteiger partial charge on any atom is 0.269 e. The third kappa shape index (κ3) is 5.65. The first-order valence-electron chi connectivity index (χ1n) is 8.68. The van der Waals surface area contributed by atoms with Crippen molar-refractivity contribution in [1.29, 1.82) is 0 Å². The second-order valence-corrected chi connectivity index (χ2v) is 6.14. The van der Waals surface area contributed by atoms with Gasteiger partial charge in [-0.2, -0.15) is 0 Å². The molecule has 140 valence electrons. The number of carbonyl (C=O) groups excluding carboxylic acids is 1. The van der Waals surface area contributed by atoms with Gasteiger partial charge in [-0.05, 0) is 60.9 Å². The molecule has 1 atom stereocenters. The summed E-state index contributed by atoms with van der Waals surface area (Å²) in [6.07, 6.45) is 5.23. The van der Waals surface area contributed by atoms with E-state index < -0.39 is 4.92 Å². The maximum atomic E-state index is 12.0. The van der Waals surface area contributed by atoms with Crippen molar-refractivity contribution in [3.63, 3.8) is 0 Å². The average Bonchev–Trinajstić information content (AvgIpc) is 3.20. The molecule has 1 aliphatic rings. The largest absolute Gasteiger partial charge is 0.491 e. The summed E-state index contributed by atoms with van der Waals surface area (Å²) in [6.45, 7) is 1.33. The van der Waals surface area contributed by atoms with E-state index in [0.29, 0.717) is 17.9 Å². The number of anilines is 1. The third-order valence-electron chi connectivity index (χ3n) is 4.11. The van der Waals surface area contributed by atoms with Crippen molar-refractivity contribution in [2.75, 3.05) is 18.5 Å². The molecule has 2 aromatic rings. The number of carbonyl (C=O) groups is 1. The number of ether oxygens (including phenoxy) is 2. The van der Waals surface area contributed by atoms with Crippen LogP contribution >= 0.6 is 0 Å². The number of non-ortho nitro benzene ring substituents is 1. The molecular formula is C20H20N2O5. The fourth-order valence-corrected chi connectivity index (χ4v) is 2.66. The van der Waals surface area contributed by atoms with Gasteiger partial charge >= 0.3 is 0 Å². The van der Waals surface area contributed by atoms with Gasteiger partial charge in [0, 0.05) is 30.5 Å². The lowest BCUT2D eigenvalue weighted by molar-refractivity contribution is -0.384. The fraction of sp³-hybridized carbons (Fsp3) is 0.250. The number of benzene rings is 2. The highest BCUT2D eigenvalue weighted by atomic mass is 16.6. The van der Waals surface area contributed by atoms with Crippen LogP contribution in [0.25, 0.3) is 6.08 Å². The molecule has 7 heteroatoms. The van der Waals surface area contributed by atoms with Gasteiger partial charge in [-0.15, -0.1) is 0 Å². The molecule has 27 heavy (non-hydrogen) atoms. The Morgan fingerprint density at radius 3 is 2.59 bits per heavy atom. The molecule has 0 spiro atoms. The Kier molecular flexibility index (Phi) is 6.17. The first kappa shape index (κ1) is 18.6. The molecule has 1 amide bonds. The first-order valence-corrected chi connectivity index (χ1v) is 8.68. The SMILES string of the molecule is O=C(/C=C/c1ccc([N+](=O)[O-])cc1)Nc1ccc(OCC2CCCO2)cc1. The number of nitro groups is 1. The summed E-state index contributed by atoms with van der Waals surface area (Å²) in [7, 11) is 0. The van der Waals surface area contributed by atoms with Crippen LogP contribution in [-0.2, 0) is 9.53 Å². The molecule has 0 bridgehead atoms. The lowest BCUT2D eigenvalue weighted by Gasteiger charge is -2.11. The lowest BCUT2D eigenvalue weighted by atomic mass is 10.2. The Hall–Kier alpha value is -3.19. The lowest BCUT2D eigenvalue weighted by Crippen LogP contribution is -2.16. The fourth-order valence-electron chi connectivity index (χ4n) is 2.66. The van der Waals surface area contributed by atoms with E-state index in [0.717, 1.165) is 25.2 Å². The minimum absolute atomic E-state index is 0.0124. The van der Waals surface area contributed by atoms with E-state index in [9.17, 15) is 14.9 Å². The molecule has 0 aliphatic carbocycles. The molecule has 3 rings (SSSR count). The van der Waals surface area contributed by atoms with E-state index in [2.05, 4.69) is 5.32 Å². The summed E-state index contributed by atoms with van der Waals surface area (Å²) in [5.74, 6) is 0.436. The van der Waals surface area contributed by atoms with Gasteiger partial charge in [0.25, 0.3) is 5.69 Å². The van der Waals surface area contributed by atoms with Crippen LogP contribution in [0, 0.1) is 10.1 Å². The third-order valence-corrected chi connectivity index (χ3v) is 4.11. The summed E-state index contributed by atoms with van der Waals surface area (Å²) in [4.78, 5) is 22.1. The highest BCUT2D eigenvalue weighted by Crippen LogP contribution is 2.18. The summed E-state index contributed by atoms with van der Waals surface area (Å²) in [5.41, 5.74) is 1.37. The van der Waals surface area contributed by atoms with E-state index in [-0.39, 0.29) is 17.7 Å². The normalized spacial score (nSPS) is 16.4. The highest BCUT2D eigenvalue weighted by Gasteiger charge is 2.15. The first-order chi connectivity index (χ1) is 13.1. The van der Waals surface area contributed by atoms with E-state index in [1.807, 2.05) is 0 Å². The van der Waals surface area contributed by atoms with Crippen LogP contribution in [-0.4, -0.2) is 30.1 Å². The van der Waals surface area contributed by atoms with E-state index in [1.165, 1.54) is 18.2 Å². The number of amides is 1. The van der Waals surface area contributed by atoms with E-state index >= 15 is 0 Å². The van der Waals surface area contributed by atoms with Crippen LogP contribution in [0.4, 0.5) is 11.4 Å². The number of hydrogen-bond acceptors (Lipinski definition) is 5. The molecule has 0 saturated carbocycles. The molecule has 0 aromatic heterocycles. The van der Waals surface area contributed by atoms with Crippen LogP contribution in [0.2, 0.25) is 0 Å². The predicted molar refractivity (Wildman–Crippen MR) is 102 cm³/mol. The molecule has 2 aromatic carbocycles. The van der Waals surface area contributed by atoms with Gasteiger partial charge in [0.1, 0.15) is 12.4 Å².